The maximum atomic E-state index is 9.87. The Morgan fingerprint density at radius 3 is 2.91 bits per heavy atom. The van der Waals surface area contributed by atoms with Gasteiger partial charge in [0.2, 0.25) is 12.5 Å². The van der Waals surface area contributed by atoms with E-state index in [9.17, 15) is 5.11 Å². The molecule has 2 heterocycles. The van der Waals surface area contributed by atoms with Crippen LogP contribution in [0.15, 0.2) is 6.07 Å². The smallest absolute Gasteiger partial charge is 0.231 e. The van der Waals surface area contributed by atoms with Crippen LogP contribution in [-0.2, 0) is 6.42 Å². The summed E-state index contributed by atoms with van der Waals surface area (Å²) < 4.78 is 16.7. The molecule has 124 valence electrons. The summed E-state index contributed by atoms with van der Waals surface area (Å²) >= 11 is 0. The van der Waals surface area contributed by atoms with Crippen molar-refractivity contribution in [1.29, 1.82) is 0 Å². The number of rotatable bonds is 2. The van der Waals surface area contributed by atoms with Gasteiger partial charge in [-0.1, -0.05) is 5.92 Å². The van der Waals surface area contributed by atoms with E-state index >= 15 is 0 Å². The van der Waals surface area contributed by atoms with Crippen LogP contribution in [0.1, 0.15) is 37.4 Å². The first-order valence-electron chi connectivity index (χ1n) is 7.93. The number of methoxy groups -OCH3 is 1. The SMILES string of the molecule is COc1c2c(cc3c1[C@H](C#CCC(C)(C)O)[NH+](C)CC3)OCO2. The molecule has 2 aliphatic rings. The lowest BCUT2D eigenvalue weighted by Gasteiger charge is -2.30. The fraction of sp³-hybridized carbons (Fsp3) is 0.556. The summed E-state index contributed by atoms with van der Waals surface area (Å²) in [5.41, 5.74) is 1.51. The Labute approximate surface area is 137 Å². The van der Waals surface area contributed by atoms with Crippen LogP contribution in [-0.4, -0.2) is 38.2 Å². The van der Waals surface area contributed by atoms with Crippen molar-refractivity contribution in [3.05, 3.63) is 17.2 Å². The molecule has 0 radical (unpaired) electrons. The van der Waals surface area contributed by atoms with Gasteiger partial charge >= 0.3 is 0 Å². The first kappa shape index (κ1) is 16.0. The number of hydrogen-bond acceptors (Lipinski definition) is 4. The molecule has 0 amide bonds. The third-order valence-corrected chi connectivity index (χ3v) is 4.29. The lowest BCUT2D eigenvalue weighted by Crippen LogP contribution is -3.10. The molecule has 0 fully saturated rings. The predicted octanol–water partition coefficient (Wildman–Crippen LogP) is 0.700. The van der Waals surface area contributed by atoms with Gasteiger partial charge in [0.1, 0.15) is 0 Å². The number of benzene rings is 1. The highest BCUT2D eigenvalue weighted by Gasteiger charge is 2.35. The van der Waals surface area contributed by atoms with Crippen molar-refractivity contribution in [2.75, 3.05) is 27.5 Å². The number of nitrogens with one attached hydrogen (secondary N) is 1. The van der Waals surface area contributed by atoms with Crippen molar-refractivity contribution >= 4 is 0 Å². The van der Waals surface area contributed by atoms with E-state index in [2.05, 4.69) is 25.0 Å². The van der Waals surface area contributed by atoms with Gasteiger partial charge in [0, 0.05) is 12.8 Å². The molecule has 1 unspecified atom stereocenters. The molecular formula is C18H24NO4+. The van der Waals surface area contributed by atoms with E-state index in [1.807, 2.05) is 0 Å². The number of quaternary nitrogens is 1. The first-order valence-corrected chi connectivity index (χ1v) is 7.93. The molecule has 1 aromatic rings. The Bertz CT molecular complexity index is 666. The molecule has 0 spiro atoms. The summed E-state index contributed by atoms with van der Waals surface area (Å²) in [4.78, 5) is 1.32. The highest BCUT2D eigenvalue weighted by atomic mass is 16.7. The Balaban J connectivity index is 2.04. The summed E-state index contributed by atoms with van der Waals surface area (Å²) in [6.07, 6.45) is 1.40. The molecule has 5 heteroatoms. The van der Waals surface area contributed by atoms with E-state index in [0.29, 0.717) is 12.2 Å². The van der Waals surface area contributed by atoms with Crippen LogP contribution in [0.2, 0.25) is 0 Å². The normalized spacial score (nSPS) is 22.1. The second-order valence-electron chi connectivity index (χ2n) is 6.81. The third-order valence-electron chi connectivity index (χ3n) is 4.29. The number of fused-ring (bicyclic) bond motifs is 2. The van der Waals surface area contributed by atoms with Gasteiger partial charge in [0.15, 0.2) is 17.5 Å². The monoisotopic (exact) mass is 318 g/mol. The van der Waals surface area contributed by atoms with Crippen LogP contribution in [0.25, 0.3) is 0 Å². The van der Waals surface area contributed by atoms with Crippen molar-refractivity contribution in [3.63, 3.8) is 0 Å². The van der Waals surface area contributed by atoms with Gasteiger partial charge in [-0.25, -0.2) is 0 Å². The fourth-order valence-electron chi connectivity index (χ4n) is 3.09. The Morgan fingerprint density at radius 2 is 2.22 bits per heavy atom. The topological polar surface area (TPSA) is 52.4 Å². The van der Waals surface area contributed by atoms with E-state index in [1.165, 1.54) is 10.5 Å². The second kappa shape index (κ2) is 5.95. The minimum absolute atomic E-state index is 0.00514. The Kier molecular flexibility index (Phi) is 4.13. The molecule has 0 aliphatic carbocycles. The number of aliphatic hydroxyl groups is 1. The third kappa shape index (κ3) is 3.10. The van der Waals surface area contributed by atoms with Crippen molar-refractivity contribution in [3.8, 4) is 29.1 Å². The van der Waals surface area contributed by atoms with Crippen LogP contribution in [0, 0.1) is 11.8 Å². The highest BCUT2D eigenvalue weighted by Crippen LogP contribution is 2.47. The Hall–Kier alpha value is -1.90. The molecule has 5 nitrogen and oxygen atoms in total. The van der Waals surface area contributed by atoms with Gasteiger partial charge in [-0.2, -0.15) is 0 Å². The summed E-state index contributed by atoms with van der Waals surface area (Å²) in [6.45, 7) is 4.77. The van der Waals surface area contributed by atoms with E-state index in [4.69, 9.17) is 14.2 Å². The maximum Gasteiger partial charge on any atom is 0.231 e. The Morgan fingerprint density at radius 1 is 1.43 bits per heavy atom. The zero-order valence-electron chi connectivity index (χ0n) is 14.2. The number of likely N-dealkylation sites (N-methyl/N-ethyl adjacent to an activating group) is 1. The van der Waals surface area contributed by atoms with Crippen LogP contribution in [0.5, 0.6) is 17.2 Å². The molecule has 0 saturated carbocycles. The quantitative estimate of drug-likeness (QED) is 0.788. The second-order valence-corrected chi connectivity index (χ2v) is 6.81. The van der Waals surface area contributed by atoms with E-state index in [-0.39, 0.29) is 12.8 Å². The molecule has 3 rings (SSSR count). The van der Waals surface area contributed by atoms with Crippen LogP contribution >= 0.6 is 0 Å². The highest BCUT2D eigenvalue weighted by molar-refractivity contribution is 5.62. The summed E-state index contributed by atoms with van der Waals surface area (Å²) in [6, 6.07) is 2.06. The van der Waals surface area contributed by atoms with Gasteiger partial charge in [-0.3, -0.25) is 0 Å². The van der Waals surface area contributed by atoms with Crippen molar-refractivity contribution in [1.82, 2.24) is 0 Å². The van der Waals surface area contributed by atoms with Gasteiger partial charge in [-0.15, -0.1) is 0 Å². The molecule has 0 bridgehead atoms. The predicted molar refractivity (Wildman–Crippen MR) is 86.0 cm³/mol. The summed E-state index contributed by atoms with van der Waals surface area (Å²) in [7, 11) is 3.79. The maximum absolute atomic E-state index is 9.87. The van der Waals surface area contributed by atoms with Crippen molar-refractivity contribution in [2.24, 2.45) is 0 Å². The molecule has 1 aromatic carbocycles. The standard InChI is InChI=1S/C18H23NO4/c1-18(2,20)8-5-6-13-15-12(7-9-19(13)3)10-14-16(17(15)21-4)23-11-22-14/h10,13,20H,7-9,11H2,1-4H3/p+1/t13-/m0/s1. The average Bonchev–Trinajstić information content (AvgIpc) is 2.94. The molecule has 2 atom stereocenters. The van der Waals surface area contributed by atoms with E-state index in [0.717, 1.165) is 30.0 Å². The van der Waals surface area contributed by atoms with Crippen LogP contribution in [0.3, 0.4) is 0 Å². The van der Waals surface area contributed by atoms with E-state index < -0.39 is 5.60 Å². The van der Waals surface area contributed by atoms with Gasteiger partial charge in [0.05, 0.1) is 31.9 Å². The lowest BCUT2D eigenvalue weighted by molar-refractivity contribution is -0.905. The minimum Gasteiger partial charge on any atom is -0.492 e. The largest absolute Gasteiger partial charge is 0.492 e. The first-order chi connectivity index (χ1) is 10.9. The molecule has 2 aliphatic heterocycles. The molecule has 0 aromatic heterocycles. The number of ether oxygens (including phenoxy) is 3. The van der Waals surface area contributed by atoms with Gasteiger partial charge in [-0.05, 0) is 31.4 Å². The summed E-state index contributed by atoms with van der Waals surface area (Å²) in [5.74, 6) is 8.63. The van der Waals surface area contributed by atoms with Crippen LogP contribution in [0.4, 0.5) is 0 Å². The van der Waals surface area contributed by atoms with Gasteiger partial charge < -0.3 is 24.2 Å². The number of hydrogen-bond donors (Lipinski definition) is 2. The van der Waals surface area contributed by atoms with Crippen molar-refractivity contribution in [2.45, 2.75) is 38.3 Å². The molecule has 23 heavy (non-hydrogen) atoms. The zero-order valence-corrected chi connectivity index (χ0v) is 14.2. The zero-order chi connectivity index (χ0) is 16.6. The van der Waals surface area contributed by atoms with Crippen molar-refractivity contribution < 1.29 is 24.2 Å². The summed E-state index contributed by atoms with van der Waals surface area (Å²) in [5, 5.41) is 9.87. The molecule has 2 N–H and O–H groups in total. The van der Waals surface area contributed by atoms with E-state index in [1.54, 1.807) is 21.0 Å². The van der Waals surface area contributed by atoms with Crippen LogP contribution < -0.4 is 19.1 Å². The van der Waals surface area contributed by atoms with Gasteiger partial charge in [0.25, 0.3) is 0 Å². The fourth-order valence-corrected chi connectivity index (χ4v) is 3.09. The average molecular weight is 318 g/mol. The molecule has 0 saturated heterocycles. The molecular weight excluding hydrogens is 294 g/mol. The lowest BCUT2D eigenvalue weighted by atomic mass is 9.91. The minimum atomic E-state index is -0.780.